The number of aliphatic hydroxyl groups excluding tert-OH is 1. The predicted molar refractivity (Wildman–Crippen MR) is 133 cm³/mol. The fourth-order valence-corrected chi connectivity index (χ4v) is 4.89. The molecular weight excluding hydrogens is 452 g/mol. The highest BCUT2D eigenvalue weighted by molar-refractivity contribution is 7.89. The van der Waals surface area contributed by atoms with Crippen LogP contribution in [0.4, 0.5) is 5.82 Å². The van der Waals surface area contributed by atoms with Crippen LogP contribution in [-0.4, -0.2) is 48.9 Å². The number of carbonyl (C=O) groups excluding carboxylic acids is 1. The molecule has 0 unspecified atom stereocenters. The standard InChI is InChI=1S/C25H34N4O4S/c1-4-12-29(16-20-7-8-20)25-15-23(26-17-27-25)24(31)14-21-9-10-22(13-18(21)2)34(32,33)28-11-5-6-19(3)30/h9-10,13,15,17,20,28,30H,3-8,11-12,14,16H2,1-2H3. The molecule has 3 rings (SSSR count). The van der Waals surface area contributed by atoms with Crippen molar-refractivity contribution in [1.82, 2.24) is 14.7 Å². The number of benzene rings is 1. The molecule has 8 nitrogen and oxygen atoms in total. The number of carbonyl (C=O) groups is 1. The van der Waals surface area contributed by atoms with E-state index in [9.17, 15) is 13.2 Å². The van der Waals surface area contributed by atoms with E-state index in [-0.39, 0.29) is 29.4 Å². The Morgan fingerprint density at radius 2 is 2.03 bits per heavy atom. The number of rotatable bonds is 14. The summed E-state index contributed by atoms with van der Waals surface area (Å²) in [5, 5.41) is 9.11. The Balaban J connectivity index is 1.67. The zero-order valence-electron chi connectivity index (χ0n) is 20.0. The molecule has 0 amide bonds. The minimum atomic E-state index is -3.68. The molecule has 0 bridgehead atoms. The van der Waals surface area contributed by atoms with Gasteiger partial charge in [0.15, 0.2) is 5.78 Å². The molecular formula is C25H34N4O4S. The fourth-order valence-electron chi connectivity index (χ4n) is 3.73. The molecule has 34 heavy (non-hydrogen) atoms. The van der Waals surface area contributed by atoms with Crippen molar-refractivity contribution >= 4 is 21.6 Å². The third kappa shape index (κ3) is 7.36. The third-order valence-electron chi connectivity index (χ3n) is 5.84. The number of ketones is 1. The lowest BCUT2D eigenvalue weighted by atomic mass is 10.0. The van der Waals surface area contributed by atoms with Crippen molar-refractivity contribution in [1.29, 1.82) is 0 Å². The zero-order chi connectivity index (χ0) is 24.7. The van der Waals surface area contributed by atoms with Crippen molar-refractivity contribution in [2.75, 3.05) is 24.5 Å². The summed E-state index contributed by atoms with van der Waals surface area (Å²) in [6.07, 6.45) is 5.86. The number of aliphatic hydroxyl groups is 1. The van der Waals surface area contributed by atoms with E-state index in [1.165, 1.54) is 25.2 Å². The number of hydrogen-bond acceptors (Lipinski definition) is 7. The monoisotopic (exact) mass is 486 g/mol. The quantitative estimate of drug-likeness (QED) is 0.236. The summed E-state index contributed by atoms with van der Waals surface area (Å²) in [5.74, 6) is 1.39. The van der Waals surface area contributed by atoms with Gasteiger partial charge < -0.3 is 10.0 Å². The first-order valence-electron chi connectivity index (χ1n) is 11.8. The SMILES string of the molecule is C=C(O)CCCNS(=O)(=O)c1ccc(CC(=O)c2cc(N(CCC)CC3CC3)ncn2)c(C)c1. The second kappa shape index (κ2) is 11.6. The number of aromatic nitrogens is 2. The molecule has 2 aromatic rings. The van der Waals surface area contributed by atoms with Crippen LogP contribution in [0.15, 0.2) is 47.8 Å². The molecule has 0 radical (unpaired) electrons. The second-order valence-corrected chi connectivity index (χ2v) is 10.7. The number of allylic oxidation sites excluding steroid dienone is 1. The van der Waals surface area contributed by atoms with Crippen LogP contribution in [0, 0.1) is 12.8 Å². The van der Waals surface area contributed by atoms with Gasteiger partial charge in [-0.2, -0.15) is 0 Å². The van der Waals surface area contributed by atoms with Crippen LogP contribution in [0.3, 0.4) is 0 Å². The van der Waals surface area contributed by atoms with Gasteiger partial charge in [0, 0.05) is 38.5 Å². The van der Waals surface area contributed by atoms with Crippen molar-refractivity contribution in [2.24, 2.45) is 5.92 Å². The van der Waals surface area contributed by atoms with Crippen molar-refractivity contribution < 1.29 is 18.3 Å². The van der Waals surface area contributed by atoms with E-state index in [4.69, 9.17) is 5.11 Å². The lowest BCUT2D eigenvalue weighted by molar-refractivity contribution is 0.0988. The summed E-state index contributed by atoms with van der Waals surface area (Å²) >= 11 is 0. The number of hydrogen-bond donors (Lipinski definition) is 2. The normalized spacial score (nSPS) is 13.6. The maximum atomic E-state index is 13.0. The Hall–Kier alpha value is -2.78. The molecule has 1 aliphatic rings. The summed E-state index contributed by atoms with van der Waals surface area (Å²) in [4.78, 5) is 23.9. The lowest BCUT2D eigenvalue weighted by Crippen LogP contribution is -2.28. The molecule has 184 valence electrons. The summed E-state index contributed by atoms with van der Waals surface area (Å²) < 4.78 is 27.6. The van der Waals surface area contributed by atoms with Crippen LogP contribution in [0.25, 0.3) is 0 Å². The summed E-state index contributed by atoms with van der Waals surface area (Å²) in [6.45, 7) is 9.35. The van der Waals surface area contributed by atoms with Crippen LogP contribution < -0.4 is 9.62 Å². The second-order valence-electron chi connectivity index (χ2n) is 8.91. The lowest BCUT2D eigenvalue weighted by Gasteiger charge is -2.23. The van der Waals surface area contributed by atoms with Gasteiger partial charge in [0.1, 0.15) is 17.8 Å². The average Bonchev–Trinajstić information content (AvgIpc) is 3.62. The van der Waals surface area contributed by atoms with Crippen molar-refractivity contribution in [3.63, 3.8) is 0 Å². The highest BCUT2D eigenvalue weighted by atomic mass is 32.2. The molecule has 9 heteroatoms. The first kappa shape index (κ1) is 25.8. The number of sulfonamides is 1. The number of anilines is 1. The van der Waals surface area contributed by atoms with E-state index in [0.29, 0.717) is 24.5 Å². The molecule has 0 aliphatic heterocycles. The Morgan fingerprint density at radius 1 is 1.26 bits per heavy atom. The maximum Gasteiger partial charge on any atom is 0.240 e. The van der Waals surface area contributed by atoms with Gasteiger partial charge in [0.2, 0.25) is 10.0 Å². The Bertz CT molecular complexity index is 1130. The van der Waals surface area contributed by atoms with E-state index < -0.39 is 10.0 Å². The number of nitrogens with one attached hydrogen (secondary N) is 1. The molecule has 2 N–H and O–H groups in total. The fraction of sp³-hybridized carbons (Fsp3) is 0.480. The highest BCUT2D eigenvalue weighted by Gasteiger charge is 2.25. The van der Waals surface area contributed by atoms with Crippen molar-refractivity contribution in [3.8, 4) is 0 Å². The van der Waals surface area contributed by atoms with Gasteiger partial charge in [-0.05, 0) is 61.8 Å². The molecule has 0 saturated heterocycles. The Kier molecular flexibility index (Phi) is 8.79. The Morgan fingerprint density at radius 3 is 2.68 bits per heavy atom. The summed E-state index contributed by atoms with van der Waals surface area (Å²) in [5.41, 5.74) is 1.84. The van der Waals surface area contributed by atoms with Gasteiger partial charge in [0.05, 0.1) is 10.7 Å². The molecule has 1 aromatic carbocycles. The van der Waals surface area contributed by atoms with Crippen LogP contribution in [-0.2, 0) is 16.4 Å². The number of Topliss-reactive ketones (excluding diaryl/α,β-unsaturated/α-hetero) is 1. The van der Waals surface area contributed by atoms with Crippen LogP contribution in [0.5, 0.6) is 0 Å². The summed E-state index contributed by atoms with van der Waals surface area (Å²) in [6, 6.07) is 6.52. The molecule has 1 saturated carbocycles. The minimum absolute atomic E-state index is 0.0286. The Labute approximate surface area is 202 Å². The van der Waals surface area contributed by atoms with E-state index >= 15 is 0 Å². The third-order valence-corrected chi connectivity index (χ3v) is 7.30. The highest BCUT2D eigenvalue weighted by Crippen LogP contribution is 2.31. The minimum Gasteiger partial charge on any atom is -0.513 e. The molecule has 0 spiro atoms. The largest absolute Gasteiger partial charge is 0.513 e. The van der Waals surface area contributed by atoms with Crippen LogP contribution in [0.1, 0.15) is 60.6 Å². The number of nitrogens with zero attached hydrogens (tertiary/aromatic N) is 3. The van der Waals surface area contributed by atoms with Crippen molar-refractivity contribution in [3.05, 3.63) is 59.8 Å². The van der Waals surface area contributed by atoms with Crippen LogP contribution in [0.2, 0.25) is 0 Å². The predicted octanol–water partition coefficient (Wildman–Crippen LogP) is 3.97. The van der Waals surface area contributed by atoms with E-state index in [1.54, 1.807) is 25.1 Å². The van der Waals surface area contributed by atoms with Crippen molar-refractivity contribution in [2.45, 2.75) is 57.3 Å². The van der Waals surface area contributed by atoms with E-state index in [0.717, 1.165) is 36.5 Å². The average molecular weight is 487 g/mol. The van der Waals surface area contributed by atoms with Gasteiger partial charge in [0.25, 0.3) is 0 Å². The smallest absolute Gasteiger partial charge is 0.240 e. The van der Waals surface area contributed by atoms with Gasteiger partial charge in [-0.25, -0.2) is 23.1 Å². The van der Waals surface area contributed by atoms with E-state index in [2.05, 4.69) is 33.1 Å². The zero-order valence-corrected chi connectivity index (χ0v) is 20.8. The van der Waals surface area contributed by atoms with Gasteiger partial charge >= 0.3 is 0 Å². The molecule has 1 aliphatic carbocycles. The maximum absolute atomic E-state index is 13.0. The van der Waals surface area contributed by atoms with Gasteiger partial charge in [-0.15, -0.1) is 0 Å². The van der Waals surface area contributed by atoms with Gasteiger partial charge in [-0.1, -0.05) is 19.6 Å². The molecule has 1 aromatic heterocycles. The summed E-state index contributed by atoms with van der Waals surface area (Å²) in [7, 11) is -3.68. The number of aryl methyl sites for hydroxylation is 1. The molecule has 1 heterocycles. The molecule has 1 fully saturated rings. The topological polar surface area (TPSA) is 112 Å². The van der Waals surface area contributed by atoms with Gasteiger partial charge in [-0.3, -0.25) is 4.79 Å². The van der Waals surface area contributed by atoms with E-state index in [1.807, 2.05) is 0 Å². The first-order chi connectivity index (χ1) is 16.2. The molecule has 0 atom stereocenters. The van der Waals surface area contributed by atoms with Crippen LogP contribution >= 0.6 is 0 Å². The first-order valence-corrected chi connectivity index (χ1v) is 13.2.